The monoisotopic (exact) mass is 635 g/mol. The standard InChI is InChI=1S/C32H37N5O5S2/c1-23-8-11-27(12-9-23)44(41,42)37-30(24-14-18-35(19-15-24)43(2,39)40)20-28-29(13-10-25(21-33)32(28)37)34-16-5-6-26(22-34)36-17-4-3-7-31(36)38/h8-14,20,26H,3-7,15-19,22H2,1-2H3/t26-/m0/s1. The minimum atomic E-state index is -4.15. The van der Waals surface area contributed by atoms with Gasteiger partial charge in [0.25, 0.3) is 10.0 Å². The second-order valence-corrected chi connectivity index (χ2v) is 15.8. The van der Waals surface area contributed by atoms with Gasteiger partial charge in [-0.25, -0.2) is 20.8 Å². The predicted octanol–water partition coefficient (Wildman–Crippen LogP) is 4.09. The van der Waals surface area contributed by atoms with Gasteiger partial charge in [-0.05, 0) is 74.9 Å². The van der Waals surface area contributed by atoms with Crippen LogP contribution in [0.25, 0.3) is 16.5 Å². The van der Waals surface area contributed by atoms with Crippen molar-refractivity contribution in [1.29, 1.82) is 5.26 Å². The number of nitrogens with zero attached hydrogens (tertiary/aromatic N) is 5. The number of aromatic nitrogens is 1. The fourth-order valence-electron chi connectivity index (χ4n) is 6.75. The second kappa shape index (κ2) is 11.7. The number of rotatable bonds is 6. The van der Waals surface area contributed by atoms with Crippen LogP contribution in [0.5, 0.6) is 0 Å². The summed E-state index contributed by atoms with van der Waals surface area (Å²) in [5.41, 5.74) is 3.42. The minimum absolute atomic E-state index is 0.0723. The molecule has 6 rings (SSSR count). The van der Waals surface area contributed by atoms with Crippen molar-refractivity contribution in [3.63, 3.8) is 0 Å². The summed E-state index contributed by atoms with van der Waals surface area (Å²) in [7, 11) is -7.56. The number of aryl methyl sites for hydroxylation is 1. The summed E-state index contributed by atoms with van der Waals surface area (Å²) in [5, 5.41) is 10.9. The molecule has 3 aliphatic heterocycles. The quantitative estimate of drug-likeness (QED) is 0.400. The lowest BCUT2D eigenvalue weighted by Gasteiger charge is -2.42. The maximum Gasteiger partial charge on any atom is 0.268 e. The third kappa shape index (κ3) is 5.53. The van der Waals surface area contributed by atoms with E-state index in [9.17, 15) is 26.9 Å². The number of hydrogen-bond acceptors (Lipinski definition) is 7. The summed E-state index contributed by atoms with van der Waals surface area (Å²) >= 11 is 0. The Labute approximate surface area is 259 Å². The largest absolute Gasteiger partial charge is 0.369 e. The molecule has 12 heteroatoms. The van der Waals surface area contributed by atoms with Crippen LogP contribution in [0, 0.1) is 18.3 Å². The first-order valence-corrected chi connectivity index (χ1v) is 18.4. The maximum atomic E-state index is 14.4. The fraction of sp³-hybridized carbons (Fsp3) is 0.438. The smallest absolute Gasteiger partial charge is 0.268 e. The van der Waals surface area contributed by atoms with E-state index >= 15 is 0 Å². The highest BCUT2D eigenvalue weighted by Crippen LogP contribution is 2.40. The van der Waals surface area contributed by atoms with E-state index in [4.69, 9.17) is 0 Å². The van der Waals surface area contributed by atoms with Gasteiger partial charge in [-0.15, -0.1) is 0 Å². The first-order chi connectivity index (χ1) is 21.0. The molecule has 0 radical (unpaired) electrons. The van der Waals surface area contributed by atoms with Gasteiger partial charge in [0.05, 0.1) is 27.9 Å². The molecule has 4 heterocycles. The number of hydrogen-bond donors (Lipinski definition) is 0. The summed E-state index contributed by atoms with van der Waals surface area (Å²) in [6, 6.07) is 14.3. The van der Waals surface area contributed by atoms with Gasteiger partial charge in [0, 0.05) is 56.3 Å². The molecule has 10 nitrogen and oxygen atoms in total. The summed E-state index contributed by atoms with van der Waals surface area (Å²) in [4.78, 5) is 17.1. The Kier molecular flexibility index (Phi) is 8.07. The minimum Gasteiger partial charge on any atom is -0.369 e. The second-order valence-electron chi connectivity index (χ2n) is 12.0. The van der Waals surface area contributed by atoms with Gasteiger partial charge in [0.1, 0.15) is 6.07 Å². The Balaban J connectivity index is 1.52. The van der Waals surface area contributed by atoms with Crippen molar-refractivity contribution in [2.45, 2.75) is 56.4 Å². The number of benzene rings is 2. The molecule has 2 fully saturated rings. The van der Waals surface area contributed by atoms with Gasteiger partial charge in [0.15, 0.2) is 0 Å². The number of amides is 1. The number of carbonyl (C=O) groups excluding carboxylic acids is 1. The normalized spacial score (nSPS) is 20.5. The van der Waals surface area contributed by atoms with E-state index in [1.165, 1.54) is 14.5 Å². The third-order valence-electron chi connectivity index (χ3n) is 9.08. The van der Waals surface area contributed by atoms with Crippen LogP contribution in [0.4, 0.5) is 5.69 Å². The van der Waals surface area contributed by atoms with Crippen LogP contribution in [0.3, 0.4) is 0 Å². The summed E-state index contributed by atoms with van der Waals surface area (Å²) in [5.74, 6) is 0.193. The Hall–Kier alpha value is -3.66. The molecule has 2 saturated heterocycles. The van der Waals surface area contributed by atoms with E-state index in [0.29, 0.717) is 41.6 Å². The molecule has 3 aromatic rings. The van der Waals surface area contributed by atoms with Crippen molar-refractivity contribution in [3.8, 4) is 6.07 Å². The number of anilines is 1. The van der Waals surface area contributed by atoms with Crippen LogP contribution in [-0.2, 0) is 24.8 Å². The van der Waals surface area contributed by atoms with Crippen LogP contribution in [-0.4, -0.2) is 80.9 Å². The molecule has 1 aromatic heterocycles. The molecule has 0 spiro atoms. The molecule has 0 saturated carbocycles. The lowest BCUT2D eigenvalue weighted by atomic mass is 9.99. The van der Waals surface area contributed by atoms with E-state index in [0.717, 1.165) is 50.0 Å². The molecule has 0 unspecified atom stereocenters. The molecule has 1 amide bonds. The fourth-order valence-corrected chi connectivity index (χ4v) is 9.08. The third-order valence-corrected chi connectivity index (χ3v) is 12.1. The lowest BCUT2D eigenvalue weighted by Crippen LogP contribution is -2.51. The Morgan fingerprint density at radius 2 is 1.70 bits per heavy atom. The van der Waals surface area contributed by atoms with E-state index in [2.05, 4.69) is 11.0 Å². The molecule has 0 bridgehead atoms. The zero-order valence-electron chi connectivity index (χ0n) is 25.1. The van der Waals surface area contributed by atoms with Gasteiger partial charge >= 0.3 is 0 Å². The van der Waals surface area contributed by atoms with E-state index in [1.807, 2.05) is 24.0 Å². The maximum absolute atomic E-state index is 14.4. The highest BCUT2D eigenvalue weighted by Gasteiger charge is 2.33. The number of likely N-dealkylation sites (tertiary alicyclic amines) is 1. The summed E-state index contributed by atoms with van der Waals surface area (Å²) in [6.07, 6.45) is 7.56. The molecule has 44 heavy (non-hydrogen) atoms. The Morgan fingerprint density at radius 1 is 0.932 bits per heavy atom. The zero-order valence-corrected chi connectivity index (χ0v) is 26.7. The molecule has 0 aliphatic carbocycles. The van der Waals surface area contributed by atoms with Gasteiger partial charge in [0.2, 0.25) is 15.9 Å². The lowest BCUT2D eigenvalue weighted by molar-refractivity contribution is -0.135. The van der Waals surface area contributed by atoms with Gasteiger partial charge in [-0.2, -0.15) is 9.57 Å². The first kappa shape index (κ1) is 30.4. The van der Waals surface area contributed by atoms with E-state index in [-0.39, 0.29) is 35.5 Å². The SMILES string of the molecule is Cc1ccc(S(=O)(=O)n2c(C3=CCN(S(C)(=O)=O)CC3)cc3c(N4CCC[C@H](N5CCCCC5=O)C4)ccc(C#N)c32)cc1. The van der Waals surface area contributed by atoms with Gasteiger partial charge in [-0.1, -0.05) is 23.8 Å². The molecular weight excluding hydrogens is 599 g/mol. The van der Waals surface area contributed by atoms with Gasteiger partial charge in [-0.3, -0.25) is 4.79 Å². The molecule has 0 N–H and O–H groups in total. The van der Waals surface area contributed by atoms with Crippen LogP contribution in [0.1, 0.15) is 55.3 Å². The highest BCUT2D eigenvalue weighted by atomic mass is 32.2. The average Bonchev–Trinajstić information content (AvgIpc) is 3.43. The molecular formula is C32H37N5O5S2. The number of fused-ring (bicyclic) bond motifs is 1. The Bertz CT molecular complexity index is 1910. The van der Waals surface area contributed by atoms with Crippen molar-refractivity contribution < 1.29 is 21.6 Å². The molecule has 2 aromatic carbocycles. The van der Waals surface area contributed by atoms with Crippen molar-refractivity contribution in [1.82, 2.24) is 13.2 Å². The molecule has 1 atom stereocenters. The van der Waals surface area contributed by atoms with Crippen molar-refractivity contribution in [2.24, 2.45) is 0 Å². The van der Waals surface area contributed by atoms with Crippen LogP contribution < -0.4 is 4.90 Å². The van der Waals surface area contributed by atoms with E-state index in [1.54, 1.807) is 36.4 Å². The van der Waals surface area contributed by atoms with Gasteiger partial charge < -0.3 is 9.80 Å². The first-order valence-electron chi connectivity index (χ1n) is 15.1. The predicted molar refractivity (Wildman–Crippen MR) is 170 cm³/mol. The summed E-state index contributed by atoms with van der Waals surface area (Å²) < 4.78 is 55.9. The zero-order chi connectivity index (χ0) is 31.2. The molecule has 232 valence electrons. The number of sulfonamides is 1. The molecule has 3 aliphatic rings. The van der Waals surface area contributed by atoms with Crippen LogP contribution >= 0.6 is 0 Å². The van der Waals surface area contributed by atoms with Crippen molar-refractivity contribution in [2.75, 3.05) is 43.9 Å². The highest BCUT2D eigenvalue weighted by molar-refractivity contribution is 7.90. The topological polar surface area (TPSA) is 124 Å². The Morgan fingerprint density at radius 3 is 2.36 bits per heavy atom. The number of piperidine rings is 2. The van der Waals surface area contributed by atoms with Crippen LogP contribution in [0.15, 0.2) is 53.4 Å². The average molecular weight is 636 g/mol. The van der Waals surface area contributed by atoms with Crippen LogP contribution in [0.2, 0.25) is 0 Å². The summed E-state index contributed by atoms with van der Waals surface area (Å²) in [6.45, 7) is 4.38. The van der Waals surface area contributed by atoms with Crippen molar-refractivity contribution in [3.05, 3.63) is 65.4 Å². The number of nitriles is 1. The van der Waals surface area contributed by atoms with Crippen molar-refractivity contribution >= 4 is 48.1 Å². The number of carbonyl (C=O) groups is 1. The van der Waals surface area contributed by atoms with E-state index < -0.39 is 20.0 Å².